The van der Waals surface area contributed by atoms with Crippen molar-refractivity contribution in [2.24, 2.45) is 0 Å². The molecule has 0 saturated heterocycles. The zero-order valence-corrected chi connectivity index (χ0v) is 11.5. The molecule has 0 atom stereocenters. The molecule has 3 heteroatoms. The lowest BCUT2D eigenvalue weighted by Gasteiger charge is -2.12. The number of hydrogen-bond donors (Lipinski definition) is 1. The van der Waals surface area contributed by atoms with Gasteiger partial charge in [-0.3, -0.25) is 0 Å². The maximum Gasteiger partial charge on any atom is 0.335 e. The van der Waals surface area contributed by atoms with Crippen LogP contribution in [-0.4, -0.2) is 18.2 Å². The predicted molar refractivity (Wildman–Crippen MR) is 82.9 cm³/mol. The molecule has 0 aliphatic rings. The quantitative estimate of drug-likeness (QED) is 0.780. The zero-order chi connectivity index (χ0) is 14.8. The van der Waals surface area contributed by atoms with Gasteiger partial charge in [0.25, 0.3) is 0 Å². The Balaban J connectivity index is 2.24. The van der Waals surface area contributed by atoms with E-state index in [1.54, 1.807) is 19.2 Å². The molecule has 0 aliphatic carbocycles. The van der Waals surface area contributed by atoms with Crippen LogP contribution in [0.4, 0.5) is 0 Å². The Kier molecular flexibility index (Phi) is 3.32. The lowest BCUT2D eigenvalue weighted by molar-refractivity contribution is 0.0697. The second kappa shape index (κ2) is 5.29. The van der Waals surface area contributed by atoms with Crippen LogP contribution in [0, 0.1) is 0 Å². The molecule has 104 valence electrons. The second-order valence-corrected chi connectivity index (χ2v) is 4.75. The molecule has 21 heavy (non-hydrogen) atoms. The number of carbonyl (C=O) groups is 1. The highest BCUT2D eigenvalue weighted by molar-refractivity contribution is 6.00. The summed E-state index contributed by atoms with van der Waals surface area (Å²) >= 11 is 0. The van der Waals surface area contributed by atoms with Crippen molar-refractivity contribution in [1.29, 1.82) is 0 Å². The topological polar surface area (TPSA) is 46.5 Å². The molecule has 3 aromatic carbocycles. The maximum atomic E-state index is 11.0. The number of ether oxygens (including phenoxy) is 1. The smallest absolute Gasteiger partial charge is 0.335 e. The minimum absolute atomic E-state index is 0.276. The first-order valence-corrected chi connectivity index (χ1v) is 6.60. The molecule has 0 fully saturated rings. The van der Waals surface area contributed by atoms with Gasteiger partial charge in [0.15, 0.2) is 0 Å². The van der Waals surface area contributed by atoms with Crippen molar-refractivity contribution in [2.75, 3.05) is 7.11 Å². The van der Waals surface area contributed by atoms with Gasteiger partial charge in [-0.25, -0.2) is 4.79 Å². The van der Waals surface area contributed by atoms with E-state index < -0.39 is 5.97 Å². The number of hydrogen-bond acceptors (Lipinski definition) is 2. The summed E-state index contributed by atoms with van der Waals surface area (Å²) in [5.41, 5.74) is 2.19. The highest BCUT2D eigenvalue weighted by Gasteiger charge is 2.11. The number of carboxylic acids is 1. The number of rotatable bonds is 3. The van der Waals surface area contributed by atoms with Crippen LogP contribution >= 0.6 is 0 Å². The number of carboxylic acid groups (broad SMARTS) is 1. The Hall–Kier alpha value is -2.81. The van der Waals surface area contributed by atoms with Crippen molar-refractivity contribution < 1.29 is 14.6 Å². The van der Waals surface area contributed by atoms with Crippen LogP contribution in [0.25, 0.3) is 21.9 Å². The van der Waals surface area contributed by atoms with E-state index in [-0.39, 0.29) is 5.56 Å². The molecule has 0 aliphatic heterocycles. The van der Waals surface area contributed by atoms with Crippen LogP contribution in [0.1, 0.15) is 10.4 Å². The van der Waals surface area contributed by atoms with Crippen molar-refractivity contribution in [1.82, 2.24) is 0 Å². The predicted octanol–water partition coefficient (Wildman–Crippen LogP) is 4.21. The normalized spacial score (nSPS) is 10.5. The third-order valence-corrected chi connectivity index (χ3v) is 3.53. The summed E-state index contributed by atoms with van der Waals surface area (Å²) in [6.07, 6.45) is 0. The zero-order valence-electron chi connectivity index (χ0n) is 11.5. The fourth-order valence-electron chi connectivity index (χ4n) is 2.50. The van der Waals surface area contributed by atoms with Crippen LogP contribution in [0.15, 0.2) is 60.7 Å². The van der Waals surface area contributed by atoms with Gasteiger partial charge in [0.1, 0.15) is 5.75 Å². The van der Waals surface area contributed by atoms with E-state index in [4.69, 9.17) is 9.84 Å². The molecule has 0 radical (unpaired) electrons. The number of methoxy groups -OCH3 is 1. The van der Waals surface area contributed by atoms with E-state index in [2.05, 4.69) is 0 Å². The summed E-state index contributed by atoms with van der Waals surface area (Å²) in [6.45, 7) is 0. The highest BCUT2D eigenvalue weighted by Crippen LogP contribution is 2.36. The molecule has 0 saturated carbocycles. The highest BCUT2D eigenvalue weighted by atomic mass is 16.5. The van der Waals surface area contributed by atoms with Gasteiger partial charge < -0.3 is 9.84 Å². The Morgan fingerprint density at radius 2 is 1.67 bits per heavy atom. The Labute approximate surface area is 122 Å². The second-order valence-electron chi connectivity index (χ2n) is 4.75. The molecule has 0 amide bonds. The number of benzene rings is 3. The summed E-state index contributed by atoms with van der Waals surface area (Å²) in [5, 5.41) is 11.2. The van der Waals surface area contributed by atoms with Gasteiger partial charge in [0.05, 0.1) is 12.7 Å². The van der Waals surface area contributed by atoms with E-state index in [0.717, 1.165) is 27.6 Å². The van der Waals surface area contributed by atoms with Crippen molar-refractivity contribution in [3.63, 3.8) is 0 Å². The number of fused-ring (bicyclic) bond motifs is 1. The largest absolute Gasteiger partial charge is 0.496 e. The van der Waals surface area contributed by atoms with Gasteiger partial charge in [0.2, 0.25) is 0 Å². The first-order chi connectivity index (χ1) is 10.2. The molecular weight excluding hydrogens is 264 g/mol. The molecule has 0 unspecified atom stereocenters. The van der Waals surface area contributed by atoms with Crippen LogP contribution in [0.3, 0.4) is 0 Å². The third kappa shape index (κ3) is 2.34. The molecule has 3 nitrogen and oxygen atoms in total. The van der Waals surface area contributed by atoms with E-state index in [9.17, 15) is 4.79 Å². The molecule has 3 aromatic rings. The minimum Gasteiger partial charge on any atom is -0.496 e. The molecule has 0 spiro atoms. The SMILES string of the molecule is COc1ccc2ccccc2c1-c1ccc(C(=O)O)cc1. The summed E-state index contributed by atoms with van der Waals surface area (Å²) < 4.78 is 5.47. The summed E-state index contributed by atoms with van der Waals surface area (Å²) in [5.74, 6) is -0.150. The van der Waals surface area contributed by atoms with Gasteiger partial charge in [-0.15, -0.1) is 0 Å². The Morgan fingerprint density at radius 1 is 0.952 bits per heavy atom. The fourth-order valence-corrected chi connectivity index (χ4v) is 2.50. The lowest BCUT2D eigenvalue weighted by atomic mass is 9.96. The van der Waals surface area contributed by atoms with Crippen molar-refractivity contribution in [3.8, 4) is 16.9 Å². The van der Waals surface area contributed by atoms with Crippen LogP contribution in [-0.2, 0) is 0 Å². The fraction of sp³-hybridized carbons (Fsp3) is 0.0556. The summed E-state index contributed by atoms with van der Waals surface area (Å²) in [6, 6.07) is 18.9. The molecule has 0 aromatic heterocycles. The third-order valence-electron chi connectivity index (χ3n) is 3.53. The van der Waals surface area contributed by atoms with Crippen LogP contribution < -0.4 is 4.74 Å². The van der Waals surface area contributed by atoms with Gasteiger partial charge in [-0.1, -0.05) is 42.5 Å². The Bertz CT molecular complexity index is 804. The van der Waals surface area contributed by atoms with E-state index >= 15 is 0 Å². The summed E-state index contributed by atoms with van der Waals surface area (Å²) in [4.78, 5) is 11.0. The van der Waals surface area contributed by atoms with Gasteiger partial charge in [-0.2, -0.15) is 0 Å². The first kappa shape index (κ1) is 13.2. The van der Waals surface area contributed by atoms with Gasteiger partial charge in [0, 0.05) is 5.56 Å². The number of aromatic carboxylic acids is 1. The van der Waals surface area contributed by atoms with Gasteiger partial charge in [-0.05, 0) is 34.5 Å². The maximum absolute atomic E-state index is 11.0. The van der Waals surface area contributed by atoms with E-state index in [0.29, 0.717) is 0 Å². The minimum atomic E-state index is -0.925. The first-order valence-electron chi connectivity index (χ1n) is 6.60. The average molecular weight is 278 g/mol. The van der Waals surface area contributed by atoms with Crippen molar-refractivity contribution in [2.45, 2.75) is 0 Å². The Morgan fingerprint density at radius 3 is 2.33 bits per heavy atom. The molecule has 1 N–H and O–H groups in total. The molecular formula is C18H14O3. The molecule has 3 rings (SSSR count). The lowest BCUT2D eigenvalue weighted by Crippen LogP contribution is -1.95. The van der Waals surface area contributed by atoms with Crippen LogP contribution in [0.2, 0.25) is 0 Å². The molecule has 0 bridgehead atoms. The molecule has 0 heterocycles. The van der Waals surface area contributed by atoms with Crippen LogP contribution in [0.5, 0.6) is 5.75 Å². The van der Waals surface area contributed by atoms with E-state index in [1.807, 2.05) is 48.5 Å². The average Bonchev–Trinajstić information content (AvgIpc) is 2.53. The van der Waals surface area contributed by atoms with Crippen molar-refractivity contribution >= 4 is 16.7 Å². The van der Waals surface area contributed by atoms with Crippen molar-refractivity contribution in [3.05, 3.63) is 66.2 Å². The summed E-state index contributed by atoms with van der Waals surface area (Å²) in [7, 11) is 1.64. The van der Waals surface area contributed by atoms with Gasteiger partial charge >= 0.3 is 5.97 Å². The monoisotopic (exact) mass is 278 g/mol. The standard InChI is InChI=1S/C18H14O3/c1-21-16-11-10-12-4-2-3-5-15(12)17(16)13-6-8-14(9-7-13)18(19)20/h2-11H,1H3,(H,19,20). The van der Waals surface area contributed by atoms with E-state index in [1.165, 1.54) is 0 Å².